The minimum atomic E-state index is -0.720. The number of hydrogen-bond acceptors (Lipinski definition) is 3. The van der Waals surface area contributed by atoms with Gasteiger partial charge in [0.05, 0.1) is 11.2 Å². The van der Waals surface area contributed by atoms with E-state index in [1.54, 1.807) is 24.3 Å². The minimum Gasteiger partial charge on any atom is -0.508 e. The van der Waals surface area contributed by atoms with Crippen LogP contribution < -0.4 is 0 Å². The third kappa shape index (κ3) is 2.26. The van der Waals surface area contributed by atoms with Gasteiger partial charge in [-0.05, 0) is 42.5 Å². The summed E-state index contributed by atoms with van der Waals surface area (Å²) in [6.45, 7) is 0. The van der Waals surface area contributed by atoms with E-state index in [1.165, 1.54) is 18.2 Å². The van der Waals surface area contributed by atoms with Crippen molar-refractivity contribution in [1.29, 1.82) is 0 Å². The Hall–Kier alpha value is -3.06. The minimum absolute atomic E-state index is 0.101. The molecule has 0 atom stereocenters. The zero-order chi connectivity index (χ0) is 15.0. The first-order valence-corrected chi connectivity index (χ1v) is 6.18. The molecule has 0 fully saturated rings. The number of rotatable bonds is 1. The van der Waals surface area contributed by atoms with Crippen molar-refractivity contribution >= 4 is 10.9 Å². The summed E-state index contributed by atoms with van der Waals surface area (Å²) in [4.78, 5) is 4.41. The van der Waals surface area contributed by atoms with Crippen molar-refractivity contribution in [3.63, 3.8) is 0 Å². The molecule has 0 aliphatic rings. The molecule has 0 spiro atoms. The first-order chi connectivity index (χ1) is 10.1. The van der Waals surface area contributed by atoms with E-state index in [0.717, 1.165) is 0 Å². The fourth-order valence-electron chi connectivity index (χ4n) is 2.15. The third-order valence-corrected chi connectivity index (χ3v) is 3.19. The predicted octanol–water partition coefficient (Wildman–Crippen LogP) is 3.43. The number of aromatic nitrogens is 1. The molecule has 0 bridgehead atoms. The fourth-order valence-corrected chi connectivity index (χ4v) is 2.15. The summed E-state index contributed by atoms with van der Waals surface area (Å²) in [6, 6.07) is 10.4. The van der Waals surface area contributed by atoms with Crippen molar-refractivity contribution in [2.45, 2.75) is 0 Å². The second kappa shape index (κ2) is 4.80. The van der Waals surface area contributed by atoms with Crippen LogP contribution in [-0.4, -0.2) is 15.2 Å². The number of fused-ring (bicyclic) bond motifs is 1. The number of pyridine rings is 1. The smallest absolute Gasteiger partial charge is 0.165 e. The molecule has 3 rings (SSSR count). The maximum atomic E-state index is 13.5. The van der Waals surface area contributed by atoms with E-state index in [9.17, 15) is 14.6 Å². The molecule has 0 amide bonds. The quantitative estimate of drug-likeness (QED) is 0.671. The lowest BCUT2D eigenvalue weighted by atomic mass is 10.0. The molecule has 102 valence electrons. The summed E-state index contributed by atoms with van der Waals surface area (Å²) < 4.78 is 13.5. The maximum absolute atomic E-state index is 13.5. The molecular formula is C17H10FNO2. The van der Waals surface area contributed by atoms with Gasteiger partial charge in [0.2, 0.25) is 0 Å². The monoisotopic (exact) mass is 279 g/mol. The summed E-state index contributed by atoms with van der Waals surface area (Å²) in [5, 5.41) is 19.4. The standard InChI is InChI=1S/C17H10FNO2/c1-2-10-8-16(11-3-6-17(21)14(18)7-11)19-15-5-4-12(20)9-13(10)15/h1,3-9,20-21H. The third-order valence-electron chi connectivity index (χ3n) is 3.19. The SMILES string of the molecule is C#Cc1cc(-c2ccc(O)c(F)c2)nc2ccc(O)cc12. The van der Waals surface area contributed by atoms with Gasteiger partial charge in [-0.15, -0.1) is 6.42 Å². The summed E-state index contributed by atoms with van der Waals surface area (Å²) in [5.74, 6) is 1.51. The van der Waals surface area contributed by atoms with Gasteiger partial charge in [-0.2, -0.15) is 0 Å². The highest BCUT2D eigenvalue weighted by molar-refractivity contribution is 5.88. The summed E-state index contributed by atoms with van der Waals surface area (Å²) >= 11 is 0. The van der Waals surface area contributed by atoms with Gasteiger partial charge in [-0.25, -0.2) is 9.37 Å². The molecule has 2 aromatic carbocycles. The average molecular weight is 279 g/mol. The van der Waals surface area contributed by atoms with E-state index in [1.807, 2.05) is 0 Å². The van der Waals surface area contributed by atoms with Gasteiger partial charge in [-0.3, -0.25) is 0 Å². The Morgan fingerprint density at radius 2 is 1.86 bits per heavy atom. The molecule has 4 heteroatoms. The lowest BCUT2D eigenvalue weighted by Gasteiger charge is -2.07. The van der Waals surface area contributed by atoms with Crippen LogP contribution in [0.4, 0.5) is 4.39 Å². The van der Waals surface area contributed by atoms with Crippen LogP contribution in [0.1, 0.15) is 5.56 Å². The van der Waals surface area contributed by atoms with Gasteiger partial charge >= 0.3 is 0 Å². The molecule has 0 saturated carbocycles. The zero-order valence-electron chi connectivity index (χ0n) is 10.8. The normalized spacial score (nSPS) is 10.5. The van der Waals surface area contributed by atoms with Crippen molar-refractivity contribution in [2.24, 2.45) is 0 Å². The molecule has 2 N–H and O–H groups in total. The summed E-state index contributed by atoms with van der Waals surface area (Å²) in [6.07, 6.45) is 5.49. The number of aromatic hydroxyl groups is 2. The second-order valence-corrected chi connectivity index (χ2v) is 4.57. The molecule has 0 saturated heterocycles. The predicted molar refractivity (Wildman–Crippen MR) is 78.4 cm³/mol. The molecule has 1 heterocycles. The van der Waals surface area contributed by atoms with Crippen LogP contribution >= 0.6 is 0 Å². The Balaban J connectivity index is 2.27. The first kappa shape index (κ1) is 12.9. The number of phenolic OH excluding ortho intramolecular Hbond substituents is 2. The fraction of sp³-hybridized carbons (Fsp3) is 0. The number of hydrogen-bond donors (Lipinski definition) is 2. The number of nitrogens with zero attached hydrogens (tertiary/aromatic N) is 1. The molecule has 1 aromatic heterocycles. The van der Waals surface area contributed by atoms with Crippen molar-refractivity contribution in [2.75, 3.05) is 0 Å². The van der Waals surface area contributed by atoms with Crippen molar-refractivity contribution < 1.29 is 14.6 Å². The topological polar surface area (TPSA) is 53.4 Å². The van der Waals surface area contributed by atoms with E-state index >= 15 is 0 Å². The van der Waals surface area contributed by atoms with Gasteiger partial charge in [0.1, 0.15) is 5.75 Å². The van der Waals surface area contributed by atoms with E-state index in [2.05, 4.69) is 10.9 Å². The maximum Gasteiger partial charge on any atom is 0.165 e. The Morgan fingerprint density at radius 1 is 1.05 bits per heavy atom. The average Bonchev–Trinajstić information content (AvgIpc) is 2.49. The number of terminal acetylenes is 1. The summed E-state index contributed by atoms with van der Waals surface area (Å²) in [5.41, 5.74) is 2.17. The van der Waals surface area contributed by atoms with Crippen LogP contribution in [0.3, 0.4) is 0 Å². The highest BCUT2D eigenvalue weighted by Gasteiger charge is 2.09. The molecule has 0 radical (unpaired) electrons. The van der Waals surface area contributed by atoms with Crippen LogP contribution in [0, 0.1) is 18.2 Å². The van der Waals surface area contributed by atoms with Gasteiger partial charge in [-0.1, -0.05) is 5.92 Å². The summed E-state index contributed by atoms with van der Waals surface area (Å²) in [7, 11) is 0. The molecular weight excluding hydrogens is 269 g/mol. The number of benzene rings is 2. The lowest BCUT2D eigenvalue weighted by Crippen LogP contribution is -1.90. The second-order valence-electron chi connectivity index (χ2n) is 4.57. The van der Waals surface area contributed by atoms with E-state index in [-0.39, 0.29) is 5.75 Å². The molecule has 0 aliphatic carbocycles. The van der Waals surface area contributed by atoms with Crippen molar-refractivity contribution in [3.8, 4) is 35.1 Å². The molecule has 3 aromatic rings. The van der Waals surface area contributed by atoms with E-state index < -0.39 is 11.6 Å². The van der Waals surface area contributed by atoms with Gasteiger partial charge < -0.3 is 10.2 Å². The first-order valence-electron chi connectivity index (χ1n) is 6.18. The largest absolute Gasteiger partial charge is 0.508 e. The Kier molecular flexibility index (Phi) is 2.96. The van der Waals surface area contributed by atoms with Gasteiger partial charge in [0, 0.05) is 16.5 Å². The van der Waals surface area contributed by atoms with Crippen molar-refractivity contribution in [1.82, 2.24) is 4.98 Å². The van der Waals surface area contributed by atoms with Crippen LogP contribution in [0.25, 0.3) is 22.2 Å². The van der Waals surface area contributed by atoms with Gasteiger partial charge in [0.15, 0.2) is 11.6 Å². The number of phenols is 2. The molecule has 0 unspecified atom stereocenters. The van der Waals surface area contributed by atoms with Crippen LogP contribution in [-0.2, 0) is 0 Å². The molecule has 0 aliphatic heterocycles. The van der Waals surface area contributed by atoms with E-state index in [4.69, 9.17) is 6.42 Å². The zero-order valence-corrected chi connectivity index (χ0v) is 10.8. The lowest BCUT2D eigenvalue weighted by molar-refractivity contribution is 0.432. The number of halogens is 1. The Labute approximate surface area is 120 Å². The van der Waals surface area contributed by atoms with Crippen LogP contribution in [0.15, 0.2) is 42.5 Å². The van der Waals surface area contributed by atoms with Crippen LogP contribution in [0.2, 0.25) is 0 Å². The van der Waals surface area contributed by atoms with E-state index in [0.29, 0.717) is 27.7 Å². The highest BCUT2D eigenvalue weighted by atomic mass is 19.1. The Bertz CT molecular complexity index is 897. The Morgan fingerprint density at radius 3 is 2.57 bits per heavy atom. The van der Waals surface area contributed by atoms with Gasteiger partial charge in [0.25, 0.3) is 0 Å². The molecule has 3 nitrogen and oxygen atoms in total. The van der Waals surface area contributed by atoms with Crippen molar-refractivity contribution in [3.05, 3.63) is 53.8 Å². The molecule has 21 heavy (non-hydrogen) atoms. The van der Waals surface area contributed by atoms with Crippen LogP contribution in [0.5, 0.6) is 11.5 Å². The highest BCUT2D eigenvalue weighted by Crippen LogP contribution is 2.28.